The third kappa shape index (κ3) is 3.05. The van der Waals surface area contributed by atoms with Gasteiger partial charge in [0.25, 0.3) is 5.91 Å². The number of nitrogens with zero attached hydrogens (tertiary/aromatic N) is 2. The van der Waals surface area contributed by atoms with Crippen molar-refractivity contribution in [2.24, 2.45) is 0 Å². The largest absolute Gasteiger partial charge is 0.495 e. The Morgan fingerprint density at radius 3 is 2.85 bits per heavy atom. The van der Waals surface area contributed by atoms with E-state index in [4.69, 9.17) is 9.26 Å². The second kappa shape index (κ2) is 6.05. The summed E-state index contributed by atoms with van der Waals surface area (Å²) >= 11 is 0. The van der Waals surface area contributed by atoms with Gasteiger partial charge in [0.1, 0.15) is 5.75 Å². The summed E-state index contributed by atoms with van der Waals surface area (Å²) in [5.74, 6) is 1.51. The molecular formula is C13H16N4O3. The van der Waals surface area contributed by atoms with E-state index in [-0.39, 0.29) is 5.91 Å². The quantitative estimate of drug-likeness (QED) is 0.857. The molecule has 0 atom stereocenters. The molecule has 0 aliphatic carbocycles. The highest BCUT2D eigenvalue weighted by atomic mass is 16.5. The predicted molar refractivity (Wildman–Crippen MR) is 72.7 cm³/mol. The van der Waals surface area contributed by atoms with Crippen LogP contribution in [-0.2, 0) is 6.54 Å². The molecule has 0 aliphatic rings. The molecule has 0 saturated heterocycles. The third-order valence-corrected chi connectivity index (χ3v) is 2.69. The summed E-state index contributed by atoms with van der Waals surface area (Å²) in [6.07, 6.45) is 0. The number of hydrogen-bond donors (Lipinski definition) is 2. The Kier molecular flexibility index (Phi) is 4.19. The summed E-state index contributed by atoms with van der Waals surface area (Å²) in [6.45, 7) is 2.11. The third-order valence-electron chi connectivity index (χ3n) is 2.69. The van der Waals surface area contributed by atoms with E-state index in [0.717, 1.165) is 0 Å². The molecule has 20 heavy (non-hydrogen) atoms. The monoisotopic (exact) mass is 276 g/mol. The van der Waals surface area contributed by atoms with Gasteiger partial charge in [0, 0.05) is 12.6 Å². The minimum absolute atomic E-state index is 0.163. The zero-order valence-electron chi connectivity index (χ0n) is 11.6. The van der Waals surface area contributed by atoms with E-state index < -0.39 is 0 Å². The number of nitrogens with one attached hydrogen (secondary N) is 2. The summed E-state index contributed by atoms with van der Waals surface area (Å²) in [6, 6.07) is 5.13. The number of anilines is 1. The van der Waals surface area contributed by atoms with Crippen molar-refractivity contribution in [1.29, 1.82) is 0 Å². The van der Waals surface area contributed by atoms with Crippen molar-refractivity contribution in [3.8, 4) is 5.75 Å². The van der Waals surface area contributed by atoms with Gasteiger partial charge in [-0.05, 0) is 25.1 Å². The predicted octanol–water partition coefficient (Wildman–Crippen LogP) is 1.36. The maximum atomic E-state index is 11.6. The lowest BCUT2D eigenvalue weighted by Crippen LogP contribution is -2.18. The lowest BCUT2D eigenvalue weighted by Gasteiger charge is -2.11. The Balaban J connectivity index is 2.17. The van der Waals surface area contributed by atoms with Crippen LogP contribution in [0.3, 0.4) is 0 Å². The fraction of sp³-hybridized carbons (Fsp3) is 0.308. The van der Waals surface area contributed by atoms with Gasteiger partial charge in [-0.25, -0.2) is 0 Å². The van der Waals surface area contributed by atoms with Crippen molar-refractivity contribution in [3.05, 3.63) is 35.5 Å². The van der Waals surface area contributed by atoms with Crippen molar-refractivity contribution in [2.75, 3.05) is 19.5 Å². The molecule has 7 nitrogen and oxygen atoms in total. The molecular weight excluding hydrogens is 260 g/mol. The van der Waals surface area contributed by atoms with Crippen molar-refractivity contribution in [1.82, 2.24) is 15.5 Å². The van der Waals surface area contributed by atoms with Crippen LogP contribution >= 0.6 is 0 Å². The lowest BCUT2D eigenvalue weighted by atomic mass is 10.1. The van der Waals surface area contributed by atoms with Gasteiger partial charge >= 0.3 is 0 Å². The van der Waals surface area contributed by atoms with Gasteiger partial charge in [-0.2, -0.15) is 4.98 Å². The maximum Gasteiger partial charge on any atom is 0.251 e. The number of amides is 1. The Bertz CT molecular complexity index is 609. The first-order valence-corrected chi connectivity index (χ1v) is 6.07. The van der Waals surface area contributed by atoms with Gasteiger partial charge in [-0.1, -0.05) is 5.16 Å². The molecule has 0 spiro atoms. The second-order valence-corrected chi connectivity index (χ2v) is 4.08. The first kappa shape index (κ1) is 13.9. The Labute approximate surface area is 116 Å². The minimum atomic E-state index is -0.163. The number of ether oxygens (including phenoxy) is 1. The smallest absolute Gasteiger partial charge is 0.251 e. The van der Waals surface area contributed by atoms with Crippen LogP contribution in [0.15, 0.2) is 22.7 Å². The number of aryl methyl sites for hydroxylation is 1. The fourth-order valence-corrected chi connectivity index (χ4v) is 1.71. The number of carbonyl (C=O) groups excluding carboxylic acids is 1. The zero-order chi connectivity index (χ0) is 14.5. The summed E-state index contributed by atoms with van der Waals surface area (Å²) in [5.41, 5.74) is 1.22. The molecule has 0 bridgehead atoms. The minimum Gasteiger partial charge on any atom is -0.495 e. The SMILES string of the molecule is CNC(=O)c1ccc(OC)c(NCc2nc(C)no2)c1. The average Bonchev–Trinajstić information content (AvgIpc) is 2.89. The van der Waals surface area contributed by atoms with Gasteiger partial charge in [0.15, 0.2) is 5.82 Å². The van der Waals surface area contributed by atoms with Crippen LogP contribution in [0.1, 0.15) is 22.1 Å². The van der Waals surface area contributed by atoms with Crippen LogP contribution in [0.2, 0.25) is 0 Å². The van der Waals surface area contributed by atoms with Crippen LogP contribution in [-0.4, -0.2) is 30.2 Å². The standard InChI is InChI=1S/C13H16N4O3/c1-8-16-12(20-17-8)7-15-10-6-9(13(18)14-2)4-5-11(10)19-3/h4-6,15H,7H2,1-3H3,(H,14,18). The summed E-state index contributed by atoms with van der Waals surface area (Å²) in [5, 5.41) is 9.40. The molecule has 0 saturated carbocycles. The topological polar surface area (TPSA) is 89.3 Å². The molecule has 2 rings (SSSR count). The Morgan fingerprint density at radius 1 is 1.45 bits per heavy atom. The van der Waals surface area contributed by atoms with Crippen LogP contribution in [0.5, 0.6) is 5.75 Å². The first-order chi connectivity index (χ1) is 9.63. The molecule has 0 aliphatic heterocycles. The molecule has 2 aromatic rings. The molecule has 0 radical (unpaired) electrons. The van der Waals surface area contributed by atoms with Gasteiger partial charge < -0.3 is 19.9 Å². The van der Waals surface area contributed by atoms with Gasteiger partial charge in [-0.3, -0.25) is 4.79 Å². The second-order valence-electron chi connectivity index (χ2n) is 4.08. The number of hydrogen-bond acceptors (Lipinski definition) is 6. The first-order valence-electron chi connectivity index (χ1n) is 6.07. The summed E-state index contributed by atoms with van der Waals surface area (Å²) in [7, 11) is 3.15. The molecule has 0 fully saturated rings. The molecule has 1 aromatic carbocycles. The van der Waals surface area contributed by atoms with E-state index in [1.54, 1.807) is 39.3 Å². The van der Waals surface area contributed by atoms with E-state index >= 15 is 0 Å². The molecule has 106 valence electrons. The molecule has 7 heteroatoms. The fourth-order valence-electron chi connectivity index (χ4n) is 1.71. The zero-order valence-corrected chi connectivity index (χ0v) is 11.6. The van der Waals surface area contributed by atoms with Crippen LogP contribution < -0.4 is 15.4 Å². The molecule has 2 N–H and O–H groups in total. The maximum absolute atomic E-state index is 11.6. The van der Waals surface area contributed by atoms with Crippen molar-refractivity contribution >= 4 is 11.6 Å². The highest BCUT2D eigenvalue weighted by Gasteiger charge is 2.10. The highest BCUT2D eigenvalue weighted by Crippen LogP contribution is 2.25. The molecule has 1 aromatic heterocycles. The summed E-state index contributed by atoms with van der Waals surface area (Å²) < 4.78 is 10.3. The number of aromatic nitrogens is 2. The van der Waals surface area contributed by atoms with Crippen LogP contribution in [0.4, 0.5) is 5.69 Å². The van der Waals surface area contributed by atoms with Crippen molar-refractivity contribution in [3.63, 3.8) is 0 Å². The van der Waals surface area contributed by atoms with E-state index in [9.17, 15) is 4.79 Å². The van der Waals surface area contributed by atoms with Crippen LogP contribution in [0.25, 0.3) is 0 Å². The van der Waals surface area contributed by atoms with E-state index in [1.807, 2.05) is 0 Å². The van der Waals surface area contributed by atoms with E-state index in [2.05, 4.69) is 20.8 Å². The Morgan fingerprint density at radius 2 is 2.25 bits per heavy atom. The van der Waals surface area contributed by atoms with E-state index in [1.165, 1.54) is 0 Å². The summed E-state index contributed by atoms with van der Waals surface area (Å²) in [4.78, 5) is 15.7. The average molecular weight is 276 g/mol. The lowest BCUT2D eigenvalue weighted by molar-refractivity contribution is 0.0963. The van der Waals surface area contributed by atoms with Gasteiger partial charge in [0.2, 0.25) is 5.89 Å². The highest BCUT2D eigenvalue weighted by molar-refractivity contribution is 5.95. The van der Waals surface area contributed by atoms with Gasteiger partial charge in [-0.15, -0.1) is 0 Å². The molecule has 0 unspecified atom stereocenters. The number of methoxy groups -OCH3 is 1. The molecule has 1 amide bonds. The number of benzene rings is 1. The number of rotatable bonds is 5. The number of carbonyl (C=O) groups is 1. The van der Waals surface area contributed by atoms with Crippen molar-refractivity contribution in [2.45, 2.75) is 13.5 Å². The Hall–Kier alpha value is -2.57. The van der Waals surface area contributed by atoms with Crippen LogP contribution in [0, 0.1) is 6.92 Å². The van der Waals surface area contributed by atoms with Crippen molar-refractivity contribution < 1.29 is 14.1 Å². The molecule has 1 heterocycles. The normalized spacial score (nSPS) is 10.2. The van der Waals surface area contributed by atoms with Gasteiger partial charge in [0.05, 0.1) is 19.3 Å². The van der Waals surface area contributed by atoms with E-state index in [0.29, 0.717) is 35.3 Å².